The number of amides is 2. The van der Waals surface area contributed by atoms with E-state index in [4.69, 9.17) is 23.2 Å². The lowest BCUT2D eigenvalue weighted by molar-refractivity contribution is -0.118. The SMILES string of the molecule is O=C(NC1CCN(c2ccc(Cl)c(Cl)c2)C1=O)c1cc[nH]c1. The first kappa shape index (κ1) is 14.9. The molecule has 1 aromatic heterocycles. The van der Waals surface area contributed by atoms with Crippen LogP contribution in [-0.2, 0) is 4.79 Å². The number of rotatable bonds is 3. The molecule has 1 aliphatic rings. The molecule has 1 saturated heterocycles. The molecule has 7 heteroatoms. The maximum Gasteiger partial charge on any atom is 0.253 e. The van der Waals surface area contributed by atoms with Crippen molar-refractivity contribution in [3.8, 4) is 0 Å². The highest BCUT2D eigenvalue weighted by Crippen LogP contribution is 2.29. The van der Waals surface area contributed by atoms with Crippen molar-refractivity contribution in [3.63, 3.8) is 0 Å². The topological polar surface area (TPSA) is 65.2 Å². The van der Waals surface area contributed by atoms with E-state index in [1.54, 1.807) is 41.6 Å². The van der Waals surface area contributed by atoms with Crippen molar-refractivity contribution in [1.82, 2.24) is 10.3 Å². The largest absolute Gasteiger partial charge is 0.367 e. The molecule has 5 nitrogen and oxygen atoms in total. The Morgan fingerprint density at radius 1 is 1.27 bits per heavy atom. The van der Waals surface area contributed by atoms with Crippen LogP contribution >= 0.6 is 23.2 Å². The summed E-state index contributed by atoms with van der Waals surface area (Å²) in [7, 11) is 0. The molecule has 3 rings (SSSR count). The molecule has 0 radical (unpaired) electrons. The monoisotopic (exact) mass is 337 g/mol. The van der Waals surface area contributed by atoms with Crippen LogP contribution in [0.25, 0.3) is 0 Å². The maximum atomic E-state index is 12.4. The molecule has 0 spiro atoms. The minimum atomic E-state index is -0.531. The average molecular weight is 338 g/mol. The molecule has 0 saturated carbocycles. The van der Waals surface area contributed by atoms with Crippen LogP contribution < -0.4 is 10.2 Å². The molecular formula is C15H13Cl2N3O2. The minimum absolute atomic E-state index is 0.151. The van der Waals surface area contributed by atoms with Crippen LogP contribution in [0.2, 0.25) is 10.0 Å². The number of hydrogen-bond acceptors (Lipinski definition) is 2. The van der Waals surface area contributed by atoms with Gasteiger partial charge in [0.1, 0.15) is 6.04 Å². The Balaban J connectivity index is 1.72. The van der Waals surface area contributed by atoms with Gasteiger partial charge in [-0.3, -0.25) is 9.59 Å². The molecule has 2 aromatic rings. The summed E-state index contributed by atoms with van der Waals surface area (Å²) in [6.45, 7) is 0.523. The number of nitrogens with one attached hydrogen (secondary N) is 2. The highest BCUT2D eigenvalue weighted by Gasteiger charge is 2.34. The maximum absolute atomic E-state index is 12.4. The van der Waals surface area contributed by atoms with Crippen LogP contribution in [0.15, 0.2) is 36.7 Å². The zero-order valence-corrected chi connectivity index (χ0v) is 13.0. The van der Waals surface area contributed by atoms with Crippen molar-refractivity contribution in [2.24, 2.45) is 0 Å². The van der Waals surface area contributed by atoms with Gasteiger partial charge in [-0.1, -0.05) is 23.2 Å². The van der Waals surface area contributed by atoms with E-state index in [9.17, 15) is 9.59 Å². The predicted octanol–water partition coefficient (Wildman–Crippen LogP) is 2.86. The number of benzene rings is 1. The molecular weight excluding hydrogens is 325 g/mol. The molecule has 1 aromatic carbocycles. The van der Waals surface area contributed by atoms with Crippen LogP contribution in [0.3, 0.4) is 0 Å². The number of anilines is 1. The van der Waals surface area contributed by atoms with Gasteiger partial charge >= 0.3 is 0 Å². The Morgan fingerprint density at radius 3 is 2.77 bits per heavy atom. The number of carbonyl (C=O) groups excluding carboxylic acids is 2. The summed E-state index contributed by atoms with van der Waals surface area (Å²) in [5.74, 6) is -0.419. The van der Waals surface area contributed by atoms with Crippen LogP contribution in [0.5, 0.6) is 0 Å². The van der Waals surface area contributed by atoms with Gasteiger partial charge in [-0.05, 0) is 30.7 Å². The number of hydrogen-bond donors (Lipinski definition) is 2. The quantitative estimate of drug-likeness (QED) is 0.904. The molecule has 1 aliphatic heterocycles. The molecule has 0 aliphatic carbocycles. The van der Waals surface area contributed by atoms with Gasteiger partial charge in [-0.15, -0.1) is 0 Å². The normalized spacial score (nSPS) is 17.8. The molecule has 2 N–H and O–H groups in total. The summed E-state index contributed by atoms with van der Waals surface area (Å²) in [5.41, 5.74) is 1.18. The number of aromatic amines is 1. The van der Waals surface area contributed by atoms with Crippen molar-refractivity contribution >= 4 is 40.7 Å². The Bertz CT molecular complexity index is 716. The van der Waals surface area contributed by atoms with E-state index in [1.165, 1.54) is 0 Å². The predicted molar refractivity (Wildman–Crippen MR) is 85.5 cm³/mol. The van der Waals surface area contributed by atoms with Gasteiger partial charge in [-0.25, -0.2) is 0 Å². The average Bonchev–Trinajstić information content (AvgIpc) is 3.13. The van der Waals surface area contributed by atoms with Gasteiger partial charge in [0.15, 0.2) is 0 Å². The molecule has 22 heavy (non-hydrogen) atoms. The first-order valence-corrected chi connectivity index (χ1v) is 7.52. The molecule has 0 bridgehead atoms. The van der Waals surface area contributed by atoms with E-state index in [0.717, 1.165) is 0 Å². The van der Waals surface area contributed by atoms with Crippen molar-refractivity contribution < 1.29 is 9.59 Å². The van der Waals surface area contributed by atoms with Gasteiger partial charge in [0.2, 0.25) is 5.91 Å². The van der Waals surface area contributed by atoms with Crippen molar-refractivity contribution in [2.45, 2.75) is 12.5 Å². The summed E-state index contributed by atoms with van der Waals surface area (Å²) in [5, 5.41) is 3.58. The lowest BCUT2D eigenvalue weighted by Crippen LogP contribution is -2.41. The van der Waals surface area contributed by atoms with E-state index < -0.39 is 6.04 Å². The van der Waals surface area contributed by atoms with E-state index in [-0.39, 0.29) is 11.8 Å². The summed E-state index contributed by atoms with van der Waals surface area (Å²) in [4.78, 5) is 28.9. The number of halogens is 2. The minimum Gasteiger partial charge on any atom is -0.367 e. The third-order valence-corrected chi connectivity index (χ3v) is 4.32. The lowest BCUT2D eigenvalue weighted by Gasteiger charge is -2.17. The van der Waals surface area contributed by atoms with Gasteiger partial charge in [-0.2, -0.15) is 0 Å². The second kappa shape index (κ2) is 6.02. The first-order valence-electron chi connectivity index (χ1n) is 6.76. The van der Waals surface area contributed by atoms with Crippen LogP contribution in [0.1, 0.15) is 16.8 Å². The number of carbonyl (C=O) groups is 2. The third kappa shape index (κ3) is 2.82. The Hall–Kier alpha value is -1.98. The fourth-order valence-corrected chi connectivity index (χ4v) is 2.72. The van der Waals surface area contributed by atoms with Crippen molar-refractivity contribution in [3.05, 3.63) is 52.3 Å². The smallest absolute Gasteiger partial charge is 0.253 e. The standard InChI is InChI=1S/C15H13Cl2N3O2/c16-11-2-1-10(7-12(11)17)20-6-4-13(15(20)22)19-14(21)9-3-5-18-8-9/h1-3,5,7-8,13,18H,4,6H2,(H,19,21). The van der Waals surface area contributed by atoms with Crippen molar-refractivity contribution in [1.29, 1.82) is 0 Å². The Morgan fingerprint density at radius 2 is 2.09 bits per heavy atom. The van der Waals surface area contributed by atoms with Crippen LogP contribution in [0.4, 0.5) is 5.69 Å². The number of H-pyrrole nitrogens is 1. The fourth-order valence-electron chi connectivity index (χ4n) is 2.43. The molecule has 114 valence electrons. The Labute approximate surface area is 137 Å². The first-order chi connectivity index (χ1) is 10.6. The summed E-state index contributed by atoms with van der Waals surface area (Å²) in [6, 6.07) is 6.17. The molecule has 1 atom stereocenters. The highest BCUT2D eigenvalue weighted by atomic mass is 35.5. The van der Waals surface area contributed by atoms with E-state index >= 15 is 0 Å². The summed E-state index contributed by atoms with van der Waals surface area (Å²) >= 11 is 11.9. The van der Waals surface area contributed by atoms with E-state index in [2.05, 4.69) is 10.3 Å². The van der Waals surface area contributed by atoms with Crippen LogP contribution in [-0.4, -0.2) is 29.4 Å². The Kier molecular flexibility index (Phi) is 4.09. The molecule has 2 amide bonds. The fraction of sp³-hybridized carbons (Fsp3) is 0.200. The van der Waals surface area contributed by atoms with Gasteiger partial charge in [0, 0.05) is 24.6 Å². The highest BCUT2D eigenvalue weighted by molar-refractivity contribution is 6.42. The van der Waals surface area contributed by atoms with Gasteiger partial charge in [0.05, 0.1) is 15.6 Å². The molecule has 1 unspecified atom stereocenters. The zero-order chi connectivity index (χ0) is 15.7. The summed E-state index contributed by atoms with van der Waals surface area (Å²) in [6.07, 6.45) is 3.80. The third-order valence-electron chi connectivity index (χ3n) is 3.59. The van der Waals surface area contributed by atoms with E-state index in [1.807, 2.05) is 0 Å². The zero-order valence-electron chi connectivity index (χ0n) is 11.5. The number of aromatic nitrogens is 1. The van der Waals surface area contributed by atoms with E-state index in [0.29, 0.717) is 34.3 Å². The molecule has 1 fully saturated rings. The van der Waals surface area contributed by atoms with Crippen molar-refractivity contribution in [2.75, 3.05) is 11.4 Å². The number of nitrogens with zero attached hydrogens (tertiary/aromatic N) is 1. The van der Waals surface area contributed by atoms with Gasteiger partial charge < -0.3 is 15.2 Å². The van der Waals surface area contributed by atoms with Gasteiger partial charge in [0.25, 0.3) is 5.91 Å². The van der Waals surface area contributed by atoms with Crippen LogP contribution in [0, 0.1) is 0 Å². The molecule has 2 heterocycles. The lowest BCUT2D eigenvalue weighted by atomic mass is 10.2. The summed E-state index contributed by atoms with van der Waals surface area (Å²) < 4.78 is 0. The second-order valence-electron chi connectivity index (χ2n) is 5.00. The second-order valence-corrected chi connectivity index (χ2v) is 5.82.